The molecule has 1 aliphatic rings. The monoisotopic (exact) mass is 265 g/mol. The number of ether oxygens (including phenoxy) is 1. The van der Waals surface area contributed by atoms with E-state index in [9.17, 15) is 4.79 Å². The molecule has 0 aromatic heterocycles. The zero-order valence-electron chi connectivity index (χ0n) is 10.6. The molecule has 1 atom stereocenters. The fourth-order valence-corrected chi connectivity index (χ4v) is 3.27. The van der Waals surface area contributed by atoms with Gasteiger partial charge >= 0.3 is 5.97 Å². The summed E-state index contributed by atoms with van der Waals surface area (Å²) in [5.74, 6) is 0.985. The second-order valence-corrected chi connectivity index (χ2v) is 5.33. The SMILES string of the molecule is CCOC(=O)CCCNC1CSc2ccccc21. The Hall–Kier alpha value is -1.00. The predicted molar refractivity (Wildman–Crippen MR) is 73.8 cm³/mol. The summed E-state index contributed by atoms with van der Waals surface area (Å²) in [6.45, 7) is 3.17. The molecular weight excluding hydrogens is 246 g/mol. The van der Waals surface area contributed by atoms with Crippen molar-refractivity contribution in [2.75, 3.05) is 18.9 Å². The molecule has 0 saturated carbocycles. The lowest BCUT2D eigenvalue weighted by Crippen LogP contribution is -2.23. The summed E-state index contributed by atoms with van der Waals surface area (Å²) in [6, 6.07) is 8.93. The molecule has 0 radical (unpaired) electrons. The maximum absolute atomic E-state index is 11.2. The number of hydrogen-bond donors (Lipinski definition) is 1. The Morgan fingerprint density at radius 3 is 3.17 bits per heavy atom. The highest BCUT2D eigenvalue weighted by molar-refractivity contribution is 7.99. The van der Waals surface area contributed by atoms with Crippen molar-refractivity contribution in [1.82, 2.24) is 5.32 Å². The highest BCUT2D eigenvalue weighted by Gasteiger charge is 2.21. The van der Waals surface area contributed by atoms with Crippen LogP contribution in [0.15, 0.2) is 29.2 Å². The molecule has 2 rings (SSSR count). The first-order chi connectivity index (χ1) is 8.81. The van der Waals surface area contributed by atoms with Gasteiger partial charge in [0.05, 0.1) is 6.61 Å². The topological polar surface area (TPSA) is 38.3 Å². The molecule has 18 heavy (non-hydrogen) atoms. The Balaban J connectivity index is 1.71. The van der Waals surface area contributed by atoms with Gasteiger partial charge in [0.2, 0.25) is 0 Å². The van der Waals surface area contributed by atoms with Crippen molar-refractivity contribution in [1.29, 1.82) is 0 Å². The van der Waals surface area contributed by atoms with E-state index >= 15 is 0 Å². The van der Waals surface area contributed by atoms with Crippen LogP contribution in [0.4, 0.5) is 0 Å². The van der Waals surface area contributed by atoms with Gasteiger partial charge in [-0.1, -0.05) is 18.2 Å². The molecule has 0 amide bonds. The first-order valence-corrected chi connectivity index (χ1v) is 7.40. The van der Waals surface area contributed by atoms with Crippen LogP contribution in [0.2, 0.25) is 0 Å². The first kappa shape index (κ1) is 13.4. The van der Waals surface area contributed by atoms with Crippen molar-refractivity contribution in [2.24, 2.45) is 0 Å². The number of rotatable bonds is 6. The average Bonchev–Trinajstić information content (AvgIpc) is 2.78. The number of esters is 1. The summed E-state index contributed by atoms with van der Waals surface area (Å²) in [6.07, 6.45) is 1.34. The Morgan fingerprint density at radius 1 is 1.50 bits per heavy atom. The zero-order chi connectivity index (χ0) is 12.8. The molecule has 0 saturated heterocycles. The fourth-order valence-electron chi connectivity index (χ4n) is 2.07. The van der Waals surface area contributed by atoms with Crippen LogP contribution >= 0.6 is 11.8 Å². The number of carbonyl (C=O) groups is 1. The number of thioether (sulfide) groups is 1. The molecule has 0 aliphatic carbocycles. The summed E-state index contributed by atoms with van der Waals surface area (Å²) in [7, 11) is 0. The Morgan fingerprint density at radius 2 is 2.33 bits per heavy atom. The van der Waals surface area contributed by atoms with E-state index in [0.717, 1.165) is 18.7 Å². The summed E-state index contributed by atoms with van der Waals surface area (Å²) in [5, 5.41) is 3.51. The van der Waals surface area contributed by atoms with Crippen molar-refractivity contribution >= 4 is 17.7 Å². The number of benzene rings is 1. The van der Waals surface area contributed by atoms with E-state index in [2.05, 4.69) is 29.6 Å². The third kappa shape index (κ3) is 3.50. The van der Waals surface area contributed by atoms with Gasteiger partial charge in [-0.2, -0.15) is 0 Å². The lowest BCUT2D eigenvalue weighted by Gasteiger charge is -2.12. The second kappa shape index (κ2) is 6.81. The quantitative estimate of drug-likeness (QED) is 0.634. The van der Waals surface area contributed by atoms with Gasteiger partial charge in [-0.05, 0) is 31.5 Å². The van der Waals surface area contributed by atoms with Crippen molar-refractivity contribution in [3.8, 4) is 0 Å². The van der Waals surface area contributed by atoms with E-state index < -0.39 is 0 Å². The van der Waals surface area contributed by atoms with E-state index in [1.807, 2.05) is 18.7 Å². The van der Waals surface area contributed by atoms with Crippen LogP contribution in [0.1, 0.15) is 31.4 Å². The van der Waals surface area contributed by atoms with Crippen LogP contribution in [-0.2, 0) is 9.53 Å². The lowest BCUT2D eigenvalue weighted by molar-refractivity contribution is -0.143. The second-order valence-electron chi connectivity index (χ2n) is 4.26. The molecule has 1 unspecified atom stereocenters. The lowest BCUT2D eigenvalue weighted by atomic mass is 10.1. The van der Waals surface area contributed by atoms with Crippen molar-refractivity contribution in [3.05, 3.63) is 29.8 Å². The Bertz CT molecular complexity index is 409. The summed E-state index contributed by atoms with van der Waals surface area (Å²) in [4.78, 5) is 12.6. The van der Waals surface area contributed by atoms with Gasteiger partial charge in [-0.15, -0.1) is 11.8 Å². The van der Waals surface area contributed by atoms with Crippen molar-refractivity contribution < 1.29 is 9.53 Å². The molecule has 98 valence electrons. The molecule has 0 bridgehead atoms. The van der Waals surface area contributed by atoms with Crippen LogP contribution < -0.4 is 5.32 Å². The number of hydrogen-bond acceptors (Lipinski definition) is 4. The van der Waals surface area contributed by atoms with Crippen LogP contribution in [0.25, 0.3) is 0 Å². The molecule has 4 heteroatoms. The van der Waals surface area contributed by atoms with E-state index in [1.165, 1.54) is 10.5 Å². The smallest absolute Gasteiger partial charge is 0.305 e. The summed E-state index contributed by atoms with van der Waals surface area (Å²) in [5.41, 5.74) is 1.39. The van der Waals surface area contributed by atoms with Crippen LogP contribution in [-0.4, -0.2) is 24.9 Å². The maximum atomic E-state index is 11.2. The molecule has 0 fully saturated rings. The van der Waals surface area contributed by atoms with Gasteiger partial charge in [0.1, 0.15) is 0 Å². The van der Waals surface area contributed by atoms with Crippen LogP contribution in [0, 0.1) is 0 Å². The first-order valence-electron chi connectivity index (χ1n) is 6.42. The van der Waals surface area contributed by atoms with E-state index in [1.54, 1.807) is 0 Å². The molecule has 1 aromatic carbocycles. The molecular formula is C14H19NO2S. The van der Waals surface area contributed by atoms with E-state index in [0.29, 0.717) is 19.1 Å². The van der Waals surface area contributed by atoms with Gasteiger partial charge < -0.3 is 10.1 Å². The predicted octanol–water partition coefficient (Wildman–Crippen LogP) is 2.77. The third-order valence-corrected chi connectivity index (χ3v) is 4.14. The average molecular weight is 265 g/mol. The minimum absolute atomic E-state index is 0.0968. The Kier molecular flexibility index (Phi) is 5.08. The van der Waals surface area contributed by atoms with Crippen LogP contribution in [0.5, 0.6) is 0 Å². The van der Waals surface area contributed by atoms with Gasteiger partial charge in [0, 0.05) is 23.1 Å². The van der Waals surface area contributed by atoms with Crippen LogP contribution in [0.3, 0.4) is 0 Å². The zero-order valence-corrected chi connectivity index (χ0v) is 11.5. The molecule has 3 nitrogen and oxygen atoms in total. The van der Waals surface area contributed by atoms with E-state index in [4.69, 9.17) is 4.74 Å². The molecule has 1 N–H and O–H groups in total. The van der Waals surface area contributed by atoms with Gasteiger partial charge in [0.15, 0.2) is 0 Å². The fraction of sp³-hybridized carbons (Fsp3) is 0.500. The normalized spacial score (nSPS) is 17.5. The van der Waals surface area contributed by atoms with Crippen molar-refractivity contribution in [2.45, 2.75) is 30.7 Å². The largest absolute Gasteiger partial charge is 0.466 e. The molecule has 1 heterocycles. The minimum Gasteiger partial charge on any atom is -0.466 e. The van der Waals surface area contributed by atoms with E-state index in [-0.39, 0.29) is 5.97 Å². The van der Waals surface area contributed by atoms with Crippen molar-refractivity contribution in [3.63, 3.8) is 0 Å². The van der Waals surface area contributed by atoms with Gasteiger partial charge in [0.25, 0.3) is 0 Å². The van der Waals surface area contributed by atoms with Gasteiger partial charge in [-0.25, -0.2) is 0 Å². The molecule has 0 spiro atoms. The molecule has 1 aromatic rings. The summed E-state index contributed by atoms with van der Waals surface area (Å²) >= 11 is 1.89. The Labute approximate surface area is 112 Å². The number of fused-ring (bicyclic) bond motifs is 1. The molecule has 1 aliphatic heterocycles. The minimum atomic E-state index is -0.0968. The standard InChI is InChI=1S/C14H19NO2S/c1-2-17-14(16)8-5-9-15-12-10-18-13-7-4-3-6-11(12)13/h3-4,6-7,12,15H,2,5,8-10H2,1H3. The number of nitrogens with one attached hydrogen (secondary N) is 1. The highest BCUT2D eigenvalue weighted by atomic mass is 32.2. The van der Waals surface area contributed by atoms with Gasteiger partial charge in [-0.3, -0.25) is 4.79 Å². The summed E-state index contributed by atoms with van der Waals surface area (Å²) < 4.78 is 4.90. The third-order valence-electron chi connectivity index (χ3n) is 2.95. The number of carbonyl (C=O) groups excluding carboxylic acids is 1. The highest BCUT2D eigenvalue weighted by Crippen LogP contribution is 2.37. The maximum Gasteiger partial charge on any atom is 0.305 e.